The van der Waals surface area contributed by atoms with Crippen LogP contribution >= 0.6 is 0 Å². The molecule has 1 saturated carbocycles. The summed E-state index contributed by atoms with van der Waals surface area (Å²) in [6.45, 7) is 8.29. The van der Waals surface area contributed by atoms with Gasteiger partial charge in [-0.15, -0.1) is 0 Å². The van der Waals surface area contributed by atoms with Crippen LogP contribution in [0.4, 0.5) is 18.0 Å². The van der Waals surface area contributed by atoms with Gasteiger partial charge in [-0.2, -0.15) is 23.3 Å². The lowest BCUT2D eigenvalue weighted by atomic mass is 10.00. The van der Waals surface area contributed by atoms with Crippen LogP contribution < -0.4 is 5.56 Å². The summed E-state index contributed by atoms with van der Waals surface area (Å²) in [6.07, 6.45) is -2.54. The molecule has 6 rings (SSSR count). The van der Waals surface area contributed by atoms with Gasteiger partial charge in [-0.05, 0) is 86.8 Å². The molecule has 12 heteroatoms. The third-order valence-electron chi connectivity index (χ3n) is 9.67. The van der Waals surface area contributed by atoms with Crippen LogP contribution in [0.15, 0.2) is 83.7 Å². The van der Waals surface area contributed by atoms with E-state index in [9.17, 15) is 27.6 Å². The van der Waals surface area contributed by atoms with Crippen LogP contribution in [0, 0.1) is 0 Å². The maximum absolute atomic E-state index is 14.4. The standard InChI is InChI=1S/C40H44F3N5O4/c1-5-34-37(50)44-36(33-23-32(33)29-9-7-6-8-10-29)48(45-34)25-35(49)47(31-19-21-46(22-20-31)38(51)52-39(2,3)4)24-26-11-13-27(14-12-26)28-15-17-30(18-16-28)40(41,42)43/h6-18,31-33H,5,19-25H2,1-4H3/t32-,33+/m0/s1. The Bertz CT molecular complexity index is 1930. The number of aromatic nitrogens is 3. The number of piperidine rings is 1. The van der Waals surface area contributed by atoms with E-state index < -0.39 is 17.3 Å². The van der Waals surface area contributed by atoms with Gasteiger partial charge in [-0.3, -0.25) is 9.59 Å². The van der Waals surface area contributed by atoms with Crippen LogP contribution in [0.3, 0.4) is 0 Å². The fraction of sp³-hybridized carbons (Fsp3) is 0.425. The molecule has 0 N–H and O–H groups in total. The fourth-order valence-corrected chi connectivity index (χ4v) is 6.81. The molecule has 1 aromatic heterocycles. The highest BCUT2D eigenvalue weighted by molar-refractivity contribution is 5.76. The van der Waals surface area contributed by atoms with Crippen molar-refractivity contribution in [2.24, 2.45) is 0 Å². The number of ether oxygens (including phenoxy) is 1. The molecule has 274 valence electrons. The lowest BCUT2D eigenvalue weighted by Crippen LogP contribution is -2.50. The topological polar surface area (TPSA) is 97.6 Å². The van der Waals surface area contributed by atoms with Gasteiger partial charge in [-0.1, -0.05) is 73.7 Å². The molecule has 1 saturated heterocycles. The molecule has 0 spiro atoms. The second-order valence-electron chi connectivity index (χ2n) is 14.6. The normalized spacial score (nSPS) is 17.9. The second kappa shape index (κ2) is 14.9. The number of rotatable bonds is 9. The molecule has 1 aliphatic carbocycles. The van der Waals surface area contributed by atoms with Crippen molar-refractivity contribution in [3.8, 4) is 11.1 Å². The van der Waals surface area contributed by atoms with Gasteiger partial charge in [0.2, 0.25) is 5.91 Å². The number of halogens is 3. The van der Waals surface area contributed by atoms with Crippen molar-refractivity contribution in [2.75, 3.05) is 13.1 Å². The van der Waals surface area contributed by atoms with Crippen molar-refractivity contribution >= 4 is 12.0 Å². The molecule has 2 atom stereocenters. The molecular weight excluding hydrogens is 671 g/mol. The van der Waals surface area contributed by atoms with Crippen molar-refractivity contribution in [2.45, 2.75) is 96.1 Å². The molecule has 0 bridgehead atoms. The van der Waals surface area contributed by atoms with E-state index in [1.54, 1.807) is 9.58 Å². The fourth-order valence-electron chi connectivity index (χ4n) is 6.81. The van der Waals surface area contributed by atoms with Crippen molar-refractivity contribution < 1.29 is 27.5 Å². The summed E-state index contributed by atoms with van der Waals surface area (Å²) >= 11 is 0. The highest BCUT2D eigenvalue weighted by Gasteiger charge is 2.43. The molecule has 2 fully saturated rings. The van der Waals surface area contributed by atoms with Crippen molar-refractivity contribution in [1.82, 2.24) is 24.6 Å². The van der Waals surface area contributed by atoms with Crippen LogP contribution in [-0.2, 0) is 35.2 Å². The smallest absolute Gasteiger partial charge is 0.416 e. The van der Waals surface area contributed by atoms with E-state index >= 15 is 0 Å². The molecular formula is C40H44F3N5O4. The quantitative estimate of drug-likeness (QED) is 0.177. The van der Waals surface area contributed by atoms with Crippen LogP contribution in [0.5, 0.6) is 0 Å². The predicted octanol–water partition coefficient (Wildman–Crippen LogP) is 7.59. The van der Waals surface area contributed by atoms with E-state index in [0.29, 0.717) is 49.4 Å². The molecule has 4 aromatic rings. The maximum atomic E-state index is 14.4. The number of benzene rings is 3. The summed E-state index contributed by atoms with van der Waals surface area (Å²) in [4.78, 5) is 48.1. The van der Waals surface area contributed by atoms with Crippen LogP contribution in [0.1, 0.15) is 87.0 Å². The number of hydrogen-bond acceptors (Lipinski definition) is 6. The Morgan fingerprint density at radius 3 is 2.08 bits per heavy atom. The Labute approximate surface area is 301 Å². The van der Waals surface area contributed by atoms with Gasteiger partial charge in [0.15, 0.2) is 0 Å². The molecule has 3 aromatic carbocycles. The third kappa shape index (κ3) is 8.71. The van der Waals surface area contributed by atoms with Gasteiger partial charge < -0.3 is 14.5 Å². The molecule has 2 heterocycles. The molecule has 1 aliphatic heterocycles. The van der Waals surface area contributed by atoms with E-state index in [2.05, 4.69) is 22.2 Å². The summed E-state index contributed by atoms with van der Waals surface area (Å²) in [7, 11) is 0. The number of carbonyl (C=O) groups excluding carboxylic acids is 2. The SMILES string of the molecule is CCc1nn(CC(=O)N(Cc2ccc(-c3ccc(C(F)(F)F)cc3)cc2)C2CCN(C(=O)OC(C)(C)C)CC2)c([C@@H]2C[C@H]2c2ccccc2)nc1=O. The number of nitrogens with zero attached hydrogens (tertiary/aromatic N) is 5. The molecule has 9 nitrogen and oxygen atoms in total. The molecule has 52 heavy (non-hydrogen) atoms. The first kappa shape index (κ1) is 36.8. The van der Waals surface area contributed by atoms with E-state index in [-0.39, 0.29) is 48.5 Å². The average molecular weight is 716 g/mol. The summed E-state index contributed by atoms with van der Waals surface area (Å²) in [6, 6.07) is 22.3. The minimum Gasteiger partial charge on any atom is -0.444 e. The van der Waals surface area contributed by atoms with Gasteiger partial charge in [0.25, 0.3) is 5.56 Å². The van der Waals surface area contributed by atoms with Crippen LogP contribution in [-0.4, -0.2) is 61.3 Å². The number of aryl methyl sites for hydroxylation is 1. The molecule has 2 amide bonds. The zero-order valence-corrected chi connectivity index (χ0v) is 29.9. The largest absolute Gasteiger partial charge is 0.444 e. The Morgan fingerprint density at radius 2 is 1.50 bits per heavy atom. The lowest BCUT2D eigenvalue weighted by molar-refractivity contribution is -0.138. The predicted molar refractivity (Wildman–Crippen MR) is 190 cm³/mol. The van der Waals surface area contributed by atoms with Crippen molar-refractivity contribution in [3.63, 3.8) is 0 Å². The van der Waals surface area contributed by atoms with E-state index in [0.717, 1.165) is 35.2 Å². The first-order valence-electron chi connectivity index (χ1n) is 17.8. The summed E-state index contributed by atoms with van der Waals surface area (Å²) in [5.74, 6) is 0.454. The number of hydrogen-bond donors (Lipinski definition) is 0. The number of likely N-dealkylation sites (tertiary alicyclic amines) is 1. The average Bonchev–Trinajstić information content (AvgIpc) is 3.92. The van der Waals surface area contributed by atoms with Gasteiger partial charge in [0.05, 0.1) is 5.56 Å². The Hall–Kier alpha value is -5.00. The Morgan fingerprint density at radius 1 is 0.885 bits per heavy atom. The number of amides is 2. The summed E-state index contributed by atoms with van der Waals surface area (Å²) < 4.78 is 46.5. The third-order valence-corrected chi connectivity index (χ3v) is 9.67. The van der Waals surface area contributed by atoms with Crippen molar-refractivity contribution in [1.29, 1.82) is 0 Å². The van der Waals surface area contributed by atoms with Gasteiger partial charge in [0, 0.05) is 31.6 Å². The van der Waals surface area contributed by atoms with E-state index in [1.807, 2.05) is 75.1 Å². The maximum Gasteiger partial charge on any atom is 0.416 e. The molecule has 0 radical (unpaired) electrons. The van der Waals surface area contributed by atoms with E-state index in [4.69, 9.17) is 4.74 Å². The second-order valence-corrected chi connectivity index (χ2v) is 14.6. The highest BCUT2D eigenvalue weighted by atomic mass is 19.4. The molecule has 0 unspecified atom stereocenters. The lowest BCUT2D eigenvalue weighted by Gasteiger charge is -2.39. The van der Waals surface area contributed by atoms with Gasteiger partial charge in [-0.25, -0.2) is 9.48 Å². The first-order valence-corrected chi connectivity index (χ1v) is 17.8. The van der Waals surface area contributed by atoms with Gasteiger partial charge in [0.1, 0.15) is 23.7 Å². The van der Waals surface area contributed by atoms with E-state index in [1.165, 1.54) is 12.1 Å². The number of alkyl halides is 3. The Balaban J connectivity index is 1.25. The summed E-state index contributed by atoms with van der Waals surface area (Å²) in [5, 5.41) is 4.64. The zero-order chi connectivity index (χ0) is 37.2. The van der Waals surface area contributed by atoms with Gasteiger partial charge >= 0.3 is 12.3 Å². The van der Waals surface area contributed by atoms with Crippen molar-refractivity contribution in [3.05, 3.63) is 117 Å². The van der Waals surface area contributed by atoms with Crippen LogP contribution in [0.2, 0.25) is 0 Å². The minimum absolute atomic E-state index is 0.0374. The zero-order valence-electron chi connectivity index (χ0n) is 29.9. The van der Waals surface area contributed by atoms with Crippen LogP contribution in [0.25, 0.3) is 11.1 Å². The monoisotopic (exact) mass is 715 g/mol. The molecule has 2 aliphatic rings. The summed E-state index contributed by atoms with van der Waals surface area (Å²) in [5.41, 5.74) is 1.96. The highest BCUT2D eigenvalue weighted by Crippen LogP contribution is 2.53. The number of carbonyl (C=O) groups is 2. The first-order chi connectivity index (χ1) is 24.7. The minimum atomic E-state index is -4.41. The Kier molecular flexibility index (Phi) is 10.6.